The highest BCUT2D eigenvalue weighted by Gasteiger charge is 2.23. The fourth-order valence-electron chi connectivity index (χ4n) is 2.87. The van der Waals surface area contributed by atoms with Gasteiger partial charge >= 0.3 is 0 Å². The van der Waals surface area contributed by atoms with Crippen molar-refractivity contribution >= 4 is 23.0 Å². The van der Waals surface area contributed by atoms with Gasteiger partial charge in [-0.3, -0.25) is 0 Å². The van der Waals surface area contributed by atoms with Crippen LogP contribution in [0, 0.1) is 5.92 Å². The van der Waals surface area contributed by atoms with E-state index in [9.17, 15) is 0 Å². The molecule has 1 aliphatic rings. The minimum absolute atomic E-state index is 0.408. The molecule has 2 rings (SSSR count). The first kappa shape index (κ1) is 14.3. The lowest BCUT2D eigenvalue weighted by molar-refractivity contribution is 0.313. The van der Waals surface area contributed by atoms with Crippen LogP contribution in [0.5, 0.6) is 0 Å². The van der Waals surface area contributed by atoms with E-state index >= 15 is 0 Å². The summed E-state index contributed by atoms with van der Waals surface area (Å²) in [6.45, 7) is 2.30. The maximum atomic E-state index is 5.59. The maximum absolute atomic E-state index is 5.59. The molecular formula is C15H23N3S. The molecule has 1 fully saturated rings. The lowest BCUT2D eigenvalue weighted by Crippen LogP contribution is -2.35. The van der Waals surface area contributed by atoms with E-state index in [4.69, 9.17) is 18.0 Å². The standard InChI is InChI=1S/C15H23N3S/c1-3-11-4-7-13(8-5-11)18(2)14-9-6-12(10-17-14)15(16)19/h6,9-11,13H,3-5,7-8H2,1-2H3,(H2,16,19). The van der Waals surface area contributed by atoms with Crippen molar-refractivity contribution < 1.29 is 0 Å². The Bertz CT molecular complexity index is 422. The van der Waals surface area contributed by atoms with Crippen LogP contribution in [0.1, 0.15) is 44.6 Å². The number of thiocarbonyl (C=S) groups is 1. The number of nitrogens with two attached hydrogens (primary N) is 1. The molecule has 0 aliphatic heterocycles. The predicted octanol–water partition coefficient (Wildman–Crippen LogP) is 3.12. The molecule has 0 amide bonds. The van der Waals surface area contributed by atoms with Crippen molar-refractivity contribution in [1.29, 1.82) is 0 Å². The number of aromatic nitrogens is 1. The molecule has 0 radical (unpaired) electrons. The Labute approximate surface area is 121 Å². The third kappa shape index (κ3) is 3.44. The minimum Gasteiger partial charge on any atom is -0.389 e. The second kappa shape index (κ2) is 6.33. The molecule has 2 N–H and O–H groups in total. The van der Waals surface area contributed by atoms with Crippen LogP contribution in [0.3, 0.4) is 0 Å². The number of anilines is 1. The molecule has 19 heavy (non-hydrogen) atoms. The van der Waals surface area contributed by atoms with E-state index in [2.05, 4.69) is 23.9 Å². The summed E-state index contributed by atoms with van der Waals surface area (Å²) in [4.78, 5) is 7.18. The summed E-state index contributed by atoms with van der Waals surface area (Å²) in [5.74, 6) is 1.94. The lowest BCUT2D eigenvalue weighted by Gasteiger charge is -2.35. The smallest absolute Gasteiger partial charge is 0.128 e. The average molecular weight is 277 g/mol. The molecule has 0 unspecified atom stereocenters. The van der Waals surface area contributed by atoms with Crippen LogP contribution >= 0.6 is 12.2 Å². The van der Waals surface area contributed by atoms with Gasteiger partial charge in [-0.25, -0.2) is 4.98 Å². The number of hydrogen-bond acceptors (Lipinski definition) is 3. The highest BCUT2D eigenvalue weighted by Crippen LogP contribution is 2.30. The van der Waals surface area contributed by atoms with Crippen LogP contribution in [0.2, 0.25) is 0 Å². The normalized spacial score (nSPS) is 23.1. The van der Waals surface area contributed by atoms with Crippen LogP contribution in [0.15, 0.2) is 18.3 Å². The number of hydrogen-bond donors (Lipinski definition) is 1. The van der Waals surface area contributed by atoms with Gasteiger partial charge in [-0.05, 0) is 43.7 Å². The quantitative estimate of drug-likeness (QED) is 0.859. The van der Waals surface area contributed by atoms with E-state index in [1.807, 2.05) is 12.1 Å². The Kier molecular flexibility index (Phi) is 4.75. The van der Waals surface area contributed by atoms with Gasteiger partial charge in [0.1, 0.15) is 10.8 Å². The summed E-state index contributed by atoms with van der Waals surface area (Å²) in [6.07, 6.45) is 8.32. The second-order valence-corrected chi connectivity index (χ2v) is 5.90. The predicted molar refractivity (Wildman–Crippen MR) is 84.6 cm³/mol. The van der Waals surface area contributed by atoms with E-state index in [0.29, 0.717) is 11.0 Å². The van der Waals surface area contributed by atoms with Gasteiger partial charge in [0.25, 0.3) is 0 Å². The third-order valence-corrected chi connectivity index (χ3v) is 4.57. The fourth-order valence-corrected chi connectivity index (χ4v) is 2.99. The summed E-state index contributed by atoms with van der Waals surface area (Å²) in [7, 11) is 2.14. The maximum Gasteiger partial charge on any atom is 0.128 e. The zero-order valence-corrected chi connectivity index (χ0v) is 12.6. The van der Waals surface area contributed by atoms with Gasteiger partial charge in [0.05, 0.1) is 0 Å². The van der Waals surface area contributed by atoms with E-state index in [1.165, 1.54) is 32.1 Å². The Morgan fingerprint density at radius 3 is 2.53 bits per heavy atom. The molecule has 0 aromatic carbocycles. The molecule has 0 bridgehead atoms. The molecule has 1 heterocycles. The van der Waals surface area contributed by atoms with Crippen molar-refractivity contribution in [2.75, 3.05) is 11.9 Å². The van der Waals surface area contributed by atoms with Gasteiger partial charge in [0.15, 0.2) is 0 Å². The van der Waals surface area contributed by atoms with Crippen LogP contribution in [0.25, 0.3) is 0 Å². The largest absolute Gasteiger partial charge is 0.389 e. The van der Waals surface area contributed by atoms with Gasteiger partial charge in [-0.15, -0.1) is 0 Å². The molecule has 3 nitrogen and oxygen atoms in total. The second-order valence-electron chi connectivity index (χ2n) is 5.46. The van der Waals surface area contributed by atoms with Crippen molar-refractivity contribution in [1.82, 2.24) is 4.98 Å². The van der Waals surface area contributed by atoms with Crippen molar-refractivity contribution in [2.24, 2.45) is 11.7 Å². The summed E-state index contributed by atoms with van der Waals surface area (Å²) in [5.41, 5.74) is 6.43. The van der Waals surface area contributed by atoms with E-state index in [1.54, 1.807) is 6.20 Å². The first-order valence-electron chi connectivity index (χ1n) is 7.10. The van der Waals surface area contributed by atoms with Crippen LogP contribution in [0.4, 0.5) is 5.82 Å². The van der Waals surface area contributed by atoms with Crippen LogP contribution < -0.4 is 10.6 Å². The molecular weight excluding hydrogens is 254 g/mol. The first-order chi connectivity index (χ1) is 9.11. The van der Waals surface area contributed by atoms with Crippen molar-refractivity contribution in [3.8, 4) is 0 Å². The highest BCUT2D eigenvalue weighted by molar-refractivity contribution is 7.80. The van der Waals surface area contributed by atoms with Crippen LogP contribution in [-0.2, 0) is 0 Å². The summed E-state index contributed by atoms with van der Waals surface area (Å²) in [5, 5.41) is 0. The Morgan fingerprint density at radius 1 is 1.37 bits per heavy atom. The van der Waals surface area contributed by atoms with Crippen LogP contribution in [-0.4, -0.2) is 23.1 Å². The first-order valence-corrected chi connectivity index (χ1v) is 7.51. The SMILES string of the molecule is CCC1CCC(N(C)c2ccc(C(N)=S)cn2)CC1. The monoisotopic (exact) mass is 277 g/mol. The third-order valence-electron chi connectivity index (χ3n) is 4.34. The average Bonchev–Trinajstić information content (AvgIpc) is 2.46. The molecule has 1 aromatic heterocycles. The van der Waals surface area contributed by atoms with E-state index in [-0.39, 0.29) is 0 Å². The van der Waals surface area contributed by atoms with Crippen molar-refractivity contribution in [3.63, 3.8) is 0 Å². The Morgan fingerprint density at radius 2 is 2.05 bits per heavy atom. The molecule has 0 atom stereocenters. The van der Waals surface area contributed by atoms with Gasteiger partial charge in [0.2, 0.25) is 0 Å². The fraction of sp³-hybridized carbons (Fsp3) is 0.600. The molecule has 0 saturated heterocycles. The van der Waals surface area contributed by atoms with Gasteiger partial charge < -0.3 is 10.6 Å². The molecule has 4 heteroatoms. The lowest BCUT2D eigenvalue weighted by atomic mass is 9.84. The Hall–Kier alpha value is -1.16. The molecule has 1 aromatic rings. The summed E-state index contributed by atoms with van der Waals surface area (Å²) in [6, 6.07) is 4.59. The number of nitrogens with zero attached hydrogens (tertiary/aromatic N) is 2. The Balaban J connectivity index is 1.99. The molecule has 1 aliphatic carbocycles. The zero-order chi connectivity index (χ0) is 13.8. The van der Waals surface area contributed by atoms with Crippen molar-refractivity contribution in [2.45, 2.75) is 45.1 Å². The molecule has 104 valence electrons. The highest BCUT2D eigenvalue weighted by atomic mass is 32.1. The van der Waals surface area contributed by atoms with Crippen molar-refractivity contribution in [3.05, 3.63) is 23.9 Å². The number of pyridine rings is 1. The van der Waals surface area contributed by atoms with Gasteiger partial charge in [0, 0.05) is 24.8 Å². The molecule has 1 saturated carbocycles. The summed E-state index contributed by atoms with van der Waals surface area (Å²) >= 11 is 4.95. The van der Waals surface area contributed by atoms with E-state index < -0.39 is 0 Å². The van der Waals surface area contributed by atoms with Gasteiger partial charge in [-0.2, -0.15) is 0 Å². The van der Waals surface area contributed by atoms with E-state index in [0.717, 1.165) is 17.3 Å². The topological polar surface area (TPSA) is 42.1 Å². The molecule has 0 spiro atoms. The van der Waals surface area contributed by atoms with Gasteiger partial charge in [-0.1, -0.05) is 25.6 Å². The summed E-state index contributed by atoms with van der Waals surface area (Å²) < 4.78 is 0. The minimum atomic E-state index is 0.408. The zero-order valence-electron chi connectivity index (χ0n) is 11.8. The number of rotatable bonds is 4.